The van der Waals surface area contributed by atoms with Crippen molar-refractivity contribution in [1.29, 1.82) is 0 Å². The topological polar surface area (TPSA) is 68.0 Å². The highest BCUT2D eigenvalue weighted by Gasteiger charge is 2.30. The van der Waals surface area contributed by atoms with Crippen LogP contribution < -0.4 is 0 Å². The van der Waals surface area contributed by atoms with Crippen molar-refractivity contribution < 1.29 is 9.90 Å². The van der Waals surface area contributed by atoms with E-state index in [1.807, 2.05) is 27.7 Å². The molecule has 0 atom stereocenters. The first-order valence-corrected chi connectivity index (χ1v) is 7.04. The van der Waals surface area contributed by atoms with Gasteiger partial charge in [0, 0.05) is 10.4 Å². The Balaban J connectivity index is 2.77. The van der Waals surface area contributed by atoms with E-state index in [9.17, 15) is 9.90 Å². The smallest absolute Gasteiger partial charge is 0.358 e. The number of rotatable bonds is 2. The molecule has 0 spiro atoms. The van der Waals surface area contributed by atoms with Crippen LogP contribution in [0.1, 0.15) is 42.5 Å². The molecule has 1 N–H and O–H groups in total. The molecule has 0 aliphatic heterocycles. The Morgan fingerprint density at radius 1 is 1.24 bits per heavy atom. The lowest BCUT2D eigenvalue weighted by Gasteiger charge is -2.21. The highest BCUT2D eigenvalue weighted by atomic mass is 35.5. The number of carboxylic acids is 1. The van der Waals surface area contributed by atoms with Gasteiger partial charge in [-0.2, -0.15) is 0 Å². The van der Waals surface area contributed by atoms with Crippen LogP contribution >= 0.6 is 23.2 Å². The average Bonchev–Trinajstić information content (AvgIpc) is 2.78. The van der Waals surface area contributed by atoms with Crippen LogP contribution in [0.3, 0.4) is 0 Å². The largest absolute Gasteiger partial charge is 0.476 e. The number of hydrogen-bond acceptors (Lipinski definition) is 3. The van der Waals surface area contributed by atoms with Crippen molar-refractivity contribution >= 4 is 29.2 Å². The second kappa shape index (κ2) is 5.31. The molecule has 5 nitrogen and oxygen atoms in total. The number of benzene rings is 1. The van der Waals surface area contributed by atoms with Gasteiger partial charge >= 0.3 is 5.97 Å². The summed E-state index contributed by atoms with van der Waals surface area (Å²) in [6, 6.07) is 3.38. The lowest BCUT2D eigenvalue weighted by atomic mass is 9.90. The molecule has 1 aromatic heterocycles. The minimum atomic E-state index is -1.12. The first-order valence-electron chi connectivity index (χ1n) is 6.28. The zero-order valence-corrected chi connectivity index (χ0v) is 13.6. The molecule has 0 bridgehead atoms. The molecule has 0 radical (unpaired) electrons. The summed E-state index contributed by atoms with van der Waals surface area (Å²) >= 11 is 12.4. The van der Waals surface area contributed by atoms with Gasteiger partial charge in [0.15, 0.2) is 5.69 Å². The minimum Gasteiger partial charge on any atom is -0.476 e. The quantitative estimate of drug-likeness (QED) is 0.908. The fraction of sp³-hybridized carbons (Fsp3) is 0.357. The number of carbonyl (C=O) groups is 1. The van der Waals surface area contributed by atoms with Gasteiger partial charge in [0.1, 0.15) is 0 Å². The van der Waals surface area contributed by atoms with Crippen LogP contribution in [0.4, 0.5) is 0 Å². The average molecular weight is 328 g/mol. The van der Waals surface area contributed by atoms with Gasteiger partial charge in [-0.25, -0.2) is 9.48 Å². The van der Waals surface area contributed by atoms with E-state index in [4.69, 9.17) is 23.2 Å². The summed E-state index contributed by atoms with van der Waals surface area (Å²) in [5, 5.41) is 18.0. The maximum atomic E-state index is 11.3. The van der Waals surface area contributed by atoms with Crippen LogP contribution in [-0.4, -0.2) is 26.1 Å². The van der Waals surface area contributed by atoms with E-state index >= 15 is 0 Å². The molecule has 112 valence electrons. The molecule has 0 aliphatic carbocycles. The van der Waals surface area contributed by atoms with E-state index in [-0.39, 0.29) is 5.69 Å². The lowest BCUT2D eigenvalue weighted by molar-refractivity contribution is 0.0687. The van der Waals surface area contributed by atoms with Crippen molar-refractivity contribution in [2.24, 2.45) is 0 Å². The molecule has 1 aromatic carbocycles. The van der Waals surface area contributed by atoms with Gasteiger partial charge in [0.25, 0.3) is 0 Å². The lowest BCUT2D eigenvalue weighted by Crippen LogP contribution is -2.21. The van der Waals surface area contributed by atoms with E-state index in [0.29, 0.717) is 21.4 Å². The molecular weight excluding hydrogens is 313 g/mol. The molecule has 0 aliphatic rings. The maximum absolute atomic E-state index is 11.3. The maximum Gasteiger partial charge on any atom is 0.358 e. The SMILES string of the molecule is Cc1cc(Cl)c(-n2nnc(C(=O)O)c2C(C)(C)C)cc1Cl. The number of aromatic carboxylic acids is 1. The summed E-state index contributed by atoms with van der Waals surface area (Å²) in [6.45, 7) is 7.50. The Hall–Kier alpha value is -1.59. The zero-order chi connectivity index (χ0) is 15.9. The summed E-state index contributed by atoms with van der Waals surface area (Å²) in [7, 11) is 0. The number of aryl methyl sites for hydroxylation is 1. The fourth-order valence-corrected chi connectivity index (χ4v) is 2.52. The van der Waals surface area contributed by atoms with E-state index < -0.39 is 11.4 Å². The summed E-state index contributed by atoms with van der Waals surface area (Å²) in [5.74, 6) is -1.12. The number of hydrogen-bond donors (Lipinski definition) is 1. The van der Waals surface area contributed by atoms with E-state index in [2.05, 4.69) is 10.3 Å². The normalized spacial score (nSPS) is 11.7. The van der Waals surface area contributed by atoms with Crippen molar-refractivity contribution in [3.8, 4) is 5.69 Å². The van der Waals surface area contributed by atoms with Gasteiger partial charge in [-0.1, -0.05) is 49.2 Å². The molecular formula is C14H15Cl2N3O2. The predicted molar refractivity (Wildman–Crippen MR) is 81.8 cm³/mol. The highest BCUT2D eigenvalue weighted by molar-refractivity contribution is 6.35. The molecule has 0 unspecified atom stereocenters. The van der Waals surface area contributed by atoms with Crippen LogP contribution in [-0.2, 0) is 5.41 Å². The first kappa shape index (κ1) is 15.8. The standard InChI is InChI=1S/C14H15Cl2N3O2/c1-7-5-9(16)10(6-8(7)15)19-12(14(2,3)4)11(13(20)21)17-18-19/h5-6H,1-4H3,(H,20,21). The molecule has 7 heteroatoms. The molecule has 0 fully saturated rings. The first-order chi connectivity index (χ1) is 9.62. The van der Waals surface area contributed by atoms with Crippen molar-refractivity contribution in [3.63, 3.8) is 0 Å². The molecule has 0 saturated heterocycles. The number of carboxylic acid groups (broad SMARTS) is 1. The molecule has 2 aromatic rings. The van der Waals surface area contributed by atoms with Crippen LogP contribution in [0.2, 0.25) is 10.0 Å². The monoisotopic (exact) mass is 327 g/mol. The van der Waals surface area contributed by atoms with Crippen molar-refractivity contribution in [1.82, 2.24) is 15.0 Å². The van der Waals surface area contributed by atoms with E-state index in [0.717, 1.165) is 5.56 Å². The van der Waals surface area contributed by atoms with Crippen LogP contribution in [0.25, 0.3) is 5.69 Å². The van der Waals surface area contributed by atoms with E-state index in [1.165, 1.54) is 4.68 Å². The third-order valence-corrected chi connectivity index (χ3v) is 3.75. The Bertz CT molecular complexity index is 718. The molecule has 0 amide bonds. The summed E-state index contributed by atoms with van der Waals surface area (Å²) in [4.78, 5) is 11.3. The van der Waals surface area contributed by atoms with Gasteiger partial charge in [-0.15, -0.1) is 5.10 Å². The van der Waals surface area contributed by atoms with Crippen molar-refractivity contribution in [3.05, 3.63) is 39.1 Å². The Morgan fingerprint density at radius 3 is 2.38 bits per heavy atom. The van der Waals surface area contributed by atoms with E-state index in [1.54, 1.807) is 12.1 Å². The summed E-state index contributed by atoms with van der Waals surface area (Å²) < 4.78 is 1.44. The second-order valence-electron chi connectivity index (χ2n) is 5.81. The van der Waals surface area contributed by atoms with Gasteiger partial charge in [0.05, 0.1) is 16.4 Å². The van der Waals surface area contributed by atoms with Crippen molar-refractivity contribution in [2.75, 3.05) is 0 Å². The van der Waals surface area contributed by atoms with Crippen LogP contribution in [0, 0.1) is 6.92 Å². The fourth-order valence-electron chi connectivity index (χ4n) is 2.07. The third kappa shape index (κ3) is 2.89. The molecule has 21 heavy (non-hydrogen) atoms. The molecule has 1 heterocycles. The third-order valence-electron chi connectivity index (χ3n) is 3.04. The van der Waals surface area contributed by atoms with Gasteiger partial charge in [-0.3, -0.25) is 0 Å². The second-order valence-corrected chi connectivity index (χ2v) is 6.62. The molecule has 0 saturated carbocycles. The number of aromatic nitrogens is 3. The molecule has 2 rings (SSSR count). The Labute approximate surface area is 132 Å². The number of nitrogens with zero attached hydrogens (tertiary/aromatic N) is 3. The van der Waals surface area contributed by atoms with Gasteiger partial charge < -0.3 is 5.11 Å². The highest BCUT2D eigenvalue weighted by Crippen LogP contribution is 2.32. The summed E-state index contributed by atoms with van der Waals surface area (Å²) in [6.07, 6.45) is 0. The minimum absolute atomic E-state index is 0.0877. The Morgan fingerprint density at radius 2 is 1.86 bits per heavy atom. The van der Waals surface area contributed by atoms with Crippen LogP contribution in [0.15, 0.2) is 12.1 Å². The van der Waals surface area contributed by atoms with Gasteiger partial charge in [0.2, 0.25) is 0 Å². The summed E-state index contributed by atoms with van der Waals surface area (Å²) in [5.41, 5.74) is 1.25. The van der Waals surface area contributed by atoms with Gasteiger partial charge in [-0.05, 0) is 24.6 Å². The zero-order valence-electron chi connectivity index (χ0n) is 12.1. The Kier molecular flexibility index (Phi) is 4.00. The van der Waals surface area contributed by atoms with Crippen LogP contribution in [0.5, 0.6) is 0 Å². The number of halogens is 2. The predicted octanol–water partition coefficient (Wildman–Crippen LogP) is 3.88. The van der Waals surface area contributed by atoms with Crippen molar-refractivity contribution in [2.45, 2.75) is 33.1 Å².